The van der Waals surface area contributed by atoms with Crippen molar-refractivity contribution in [2.45, 2.75) is 13.5 Å². The largest absolute Gasteiger partial charge is 0.488 e. The molecule has 0 unspecified atom stereocenters. The van der Waals surface area contributed by atoms with Gasteiger partial charge in [0.05, 0.1) is 5.56 Å². The number of halogens is 2. The van der Waals surface area contributed by atoms with Crippen LogP contribution >= 0.6 is 11.6 Å². The van der Waals surface area contributed by atoms with E-state index in [0.29, 0.717) is 10.8 Å². The van der Waals surface area contributed by atoms with Crippen LogP contribution in [-0.2, 0) is 6.61 Å². The van der Waals surface area contributed by atoms with Crippen molar-refractivity contribution < 1.29 is 13.9 Å². The summed E-state index contributed by atoms with van der Waals surface area (Å²) in [5.41, 5.74) is 1.12. The quantitative estimate of drug-likeness (QED) is 0.781. The minimum Gasteiger partial charge on any atom is -0.488 e. The first-order valence-corrected chi connectivity index (χ1v) is 6.12. The van der Waals surface area contributed by atoms with E-state index in [4.69, 9.17) is 16.3 Å². The molecular weight excluding hydrogens is 267 g/mol. The summed E-state index contributed by atoms with van der Waals surface area (Å²) in [7, 11) is 0. The van der Waals surface area contributed by atoms with Gasteiger partial charge in [0.2, 0.25) is 0 Å². The molecule has 0 aromatic heterocycles. The predicted molar refractivity (Wildman–Crippen MR) is 72.2 cm³/mol. The fourth-order valence-electron chi connectivity index (χ4n) is 1.69. The van der Waals surface area contributed by atoms with Crippen LogP contribution < -0.4 is 4.74 Å². The fourth-order valence-corrected chi connectivity index (χ4v) is 1.90. The number of Topliss-reactive ketones (excluding diaryl/α,β-unsaturated/α-hetero) is 1. The van der Waals surface area contributed by atoms with Crippen molar-refractivity contribution in [2.75, 3.05) is 0 Å². The van der Waals surface area contributed by atoms with E-state index in [-0.39, 0.29) is 18.0 Å². The Morgan fingerprint density at radius 3 is 2.74 bits per heavy atom. The van der Waals surface area contributed by atoms with E-state index in [2.05, 4.69) is 0 Å². The Balaban J connectivity index is 2.17. The van der Waals surface area contributed by atoms with E-state index in [1.165, 1.54) is 25.1 Å². The summed E-state index contributed by atoms with van der Waals surface area (Å²) in [6.45, 7) is 1.65. The third kappa shape index (κ3) is 3.55. The molecule has 2 nitrogen and oxygen atoms in total. The van der Waals surface area contributed by atoms with Crippen molar-refractivity contribution >= 4 is 17.4 Å². The van der Waals surface area contributed by atoms with Gasteiger partial charge in [0.1, 0.15) is 18.2 Å². The van der Waals surface area contributed by atoms with Gasteiger partial charge in [-0.2, -0.15) is 0 Å². The summed E-state index contributed by atoms with van der Waals surface area (Å²) < 4.78 is 18.6. The summed E-state index contributed by atoms with van der Waals surface area (Å²) in [6, 6.07) is 11.1. The molecule has 0 fully saturated rings. The van der Waals surface area contributed by atoms with Crippen LogP contribution in [0.15, 0.2) is 42.5 Å². The number of rotatable bonds is 4. The van der Waals surface area contributed by atoms with Crippen LogP contribution in [-0.4, -0.2) is 5.78 Å². The fraction of sp³-hybridized carbons (Fsp3) is 0.133. The minimum absolute atomic E-state index is 0.236. The van der Waals surface area contributed by atoms with E-state index in [1.807, 2.05) is 12.1 Å². The number of hydrogen-bond acceptors (Lipinski definition) is 2. The number of ether oxygens (including phenoxy) is 1. The van der Waals surface area contributed by atoms with Crippen molar-refractivity contribution in [2.24, 2.45) is 0 Å². The number of hydrogen-bond donors (Lipinski definition) is 0. The average molecular weight is 279 g/mol. The standard InChI is InChI=1S/C15H12ClFO2/c1-10(18)14-8-13(17)5-6-15(14)19-9-11-3-2-4-12(16)7-11/h2-8H,9H2,1H3. The lowest BCUT2D eigenvalue weighted by Crippen LogP contribution is -2.02. The summed E-state index contributed by atoms with van der Waals surface area (Å²) >= 11 is 5.87. The summed E-state index contributed by atoms with van der Waals surface area (Å²) in [5.74, 6) is -0.324. The number of carbonyl (C=O) groups excluding carboxylic acids is 1. The Hall–Kier alpha value is -1.87. The molecule has 0 aliphatic heterocycles. The zero-order chi connectivity index (χ0) is 13.8. The van der Waals surface area contributed by atoms with Gasteiger partial charge in [-0.1, -0.05) is 23.7 Å². The summed E-state index contributed by atoms with van der Waals surface area (Å²) in [4.78, 5) is 11.4. The third-order valence-electron chi connectivity index (χ3n) is 2.60. The first-order valence-electron chi connectivity index (χ1n) is 5.74. The van der Waals surface area contributed by atoms with Gasteiger partial charge < -0.3 is 4.74 Å². The van der Waals surface area contributed by atoms with E-state index >= 15 is 0 Å². The molecule has 2 rings (SSSR count). The number of carbonyl (C=O) groups is 1. The molecular formula is C15H12ClFO2. The molecule has 98 valence electrons. The maximum atomic E-state index is 13.1. The maximum absolute atomic E-state index is 13.1. The molecule has 0 atom stereocenters. The SMILES string of the molecule is CC(=O)c1cc(F)ccc1OCc1cccc(Cl)c1. The molecule has 0 bridgehead atoms. The van der Waals surface area contributed by atoms with E-state index in [9.17, 15) is 9.18 Å². The van der Waals surface area contributed by atoms with Crippen molar-refractivity contribution in [3.8, 4) is 5.75 Å². The van der Waals surface area contributed by atoms with Gasteiger partial charge in [0.25, 0.3) is 0 Å². The highest BCUT2D eigenvalue weighted by Gasteiger charge is 2.10. The van der Waals surface area contributed by atoms with Crippen LogP contribution in [0.5, 0.6) is 5.75 Å². The van der Waals surface area contributed by atoms with Gasteiger partial charge in [0.15, 0.2) is 5.78 Å². The van der Waals surface area contributed by atoms with E-state index < -0.39 is 5.82 Å². The minimum atomic E-state index is -0.458. The Bertz CT molecular complexity index is 611. The number of ketones is 1. The second kappa shape index (κ2) is 5.85. The Morgan fingerprint density at radius 2 is 2.05 bits per heavy atom. The van der Waals surface area contributed by atoms with Gasteiger partial charge >= 0.3 is 0 Å². The van der Waals surface area contributed by atoms with Gasteiger partial charge in [-0.15, -0.1) is 0 Å². The summed E-state index contributed by atoms with van der Waals surface area (Å²) in [5, 5.41) is 0.618. The molecule has 0 saturated heterocycles. The van der Waals surface area contributed by atoms with Gasteiger partial charge in [-0.25, -0.2) is 4.39 Å². The molecule has 0 aliphatic carbocycles. The van der Waals surface area contributed by atoms with Crippen molar-refractivity contribution in [1.29, 1.82) is 0 Å². The van der Waals surface area contributed by atoms with Crippen molar-refractivity contribution in [3.63, 3.8) is 0 Å². The van der Waals surface area contributed by atoms with Gasteiger partial charge in [-0.3, -0.25) is 4.79 Å². The lowest BCUT2D eigenvalue weighted by molar-refractivity contribution is 0.101. The van der Waals surface area contributed by atoms with Crippen LogP contribution in [0.1, 0.15) is 22.8 Å². The van der Waals surface area contributed by atoms with E-state index in [1.54, 1.807) is 12.1 Å². The first kappa shape index (κ1) is 13.6. The van der Waals surface area contributed by atoms with Gasteiger partial charge in [0, 0.05) is 5.02 Å². The molecule has 19 heavy (non-hydrogen) atoms. The lowest BCUT2D eigenvalue weighted by atomic mass is 10.1. The zero-order valence-electron chi connectivity index (χ0n) is 10.3. The van der Waals surface area contributed by atoms with Crippen molar-refractivity contribution in [3.05, 3.63) is 64.4 Å². The van der Waals surface area contributed by atoms with Gasteiger partial charge in [-0.05, 0) is 42.8 Å². The van der Waals surface area contributed by atoms with Crippen LogP contribution in [0.3, 0.4) is 0 Å². The molecule has 2 aromatic rings. The highest BCUT2D eigenvalue weighted by atomic mass is 35.5. The maximum Gasteiger partial charge on any atom is 0.163 e. The topological polar surface area (TPSA) is 26.3 Å². The van der Waals surface area contributed by atoms with Crippen LogP contribution in [0.2, 0.25) is 5.02 Å². The smallest absolute Gasteiger partial charge is 0.163 e. The zero-order valence-corrected chi connectivity index (χ0v) is 11.1. The average Bonchev–Trinajstić information content (AvgIpc) is 2.37. The van der Waals surface area contributed by atoms with Crippen LogP contribution in [0, 0.1) is 5.82 Å². The molecule has 2 aromatic carbocycles. The van der Waals surface area contributed by atoms with Crippen molar-refractivity contribution in [1.82, 2.24) is 0 Å². The summed E-state index contributed by atoms with van der Waals surface area (Å²) in [6.07, 6.45) is 0. The molecule has 0 amide bonds. The third-order valence-corrected chi connectivity index (χ3v) is 2.84. The highest BCUT2D eigenvalue weighted by Crippen LogP contribution is 2.22. The second-order valence-electron chi connectivity index (χ2n) is 4.12. The van der Waals surface area contributed by atoms with Crippen LogP contribution in [0.4, 0.5) is 4.39 Å². The predicted octanol–water partition coefficient (Wildman–Crippen LogP) is 4.26. The lowest BCUT2D eigenvalue weighted by Gasteiger charge is -2.10. The van der Waals surface area contributed by atoms with Crippen LogP contribution in [0.25, 0.3) is 0 Å². The molecule has 0 aliphatic rings. The molecule has 0 saturated carbocycles. The Labute approximate surface area is 115 Å². The molecule has 4 heteroatoms. The molecule has 0 N–H and O–H groups in total. The monoisotopic (exact) mass is 278 g/mol. The Kier molecular flexibility index (Phi) is 4.17. The normalized spacial score (nSPS) is 10.3. The number of benzene rings is 2. The molecule has 0 heterocycles. The Morgan fingerprint density at radius 1 is 1.26 bits per heavy atom. The second-order valence-corrected chi connectivity index (χ2v) is 4.55. The van der Waals surface area contributed by atoms with E-state index in [0.717, 1.165) is 5.56 Å². The molecule has 0 radical (unpaired) electrons. The first-order chi connectivity index (χ1) is 9.06. The highest BCUT2D eigenvalue weighted by molar-refractivity contribution is 6.30. The molecule has 0 spiro atoms.